The zero-order valence-electron chi connectivity index (χ0n) is 49.2. The topological polar surface area (TPSA) is 204 Å². The fourth-order valence-corrected chi connectivity index (χ4v) is 12.1. The summed E-state index contributed by atoms with van der Waals surface area (Å²) in [7, 11) is -5.10. The van der Waals surface area contributed by atoms with Crippen LogP contribution in [0.5, 0.6) is 0 Å². The van der Waals surface area contributed by atoms with Crippen LogP contribution in [0.3, 0.4) is 0 Å². The normalized spacial score (nSPS) is 14.6. The zero-order chi connectivity index (χ0) is 51.9. The maximum absolute atomic E-state index is 13.7. The number of rotatable bonds is 47. The van der Waals surface area contributed by atoms with Gasteiger partial charge in [-0.2, -0.15) is 8.42 Å². The molecule has 0 aromatic heterocycles. The predicted octanol–water partition coefficient (Wildman–Crippen LogP) is 11.0. The summed E-state index contributed by atoms with van der Waals surface area (Å²) in [4.78, 5) is 51.1. The minimum atomic E-state index is -5.10. The van der Waals surface area contributed by atoms with Gasteiger partial charge < -0.3 is 23.3 Å². The van der Waals surface area contributed by atoms with E-state index in [0.29, 0.717) is 44.9 Å². The molecule has 0 aromatic carbocycles. The molecule has 0 heterocycles. The zero-order valence-corrected chi connectivity index (χ0v) is 52.0. The molecule has 0 aliphatic carbocycles. The summed E-state index contributed by atoms with van der Waals surface area (Å²) in [5.74, 6) is -6.09. The van der Waals surface area contributed by atoms with Gasteiger partial charge in [0.15, 0.2) is 0 Å². The van der Waals surface area contributed by atoms with E-state index in [1.165, 1.54) is 38.5 Å². The van der Waals surface area contributed by atoms with Crippen molar-refractivity contribution in [3.05, 3.63) is 0 Å². The van der Waals surface area contributed by atoms with Crippen LogP contribution in [0, 0.1) is 28.6 Å². The molecule has 0 spiro atoms. The van der Waals surface area contributed by atoms with Crippen molar-refractivity contribution in [2.75, 3.05) is 0 Å². The van der Waals surface area contributed by atoms with Gasteiger partial charge in [0, 0.05) is 0 Å². The van der Waals surface area contributed by atoms with Gasteiger partial charge in [0.25, 0.3) is 10.1 Å². The number of hydrogen-bond acceptors (Lipinski definition) is 6. The van der Waals surface area contributed by atoms with Crippen LogP contribution in [0.25, 0.3) is 0 Å². The first-order chi connectivity index (χ1) is 32.4. The number of aliphatic carboxylic acids is 4. The van der Waals surface area contributed by atoms with Gasteiger partial charge in [-0.05, 0) is 50.4 Å². The smallest absolute Gasteiger partial charge is 1.00 e. The van der Waals surface area contributed by atoms with Gasteiger partial charge in [-0.1, -0.05) is 261 Å². The third-order valence-electron chi connectivity index (χ3n) is 15.4. The minimum Gasteiger partial charge on any atom is -1.00 e. The summed E-state index contributed by atoms with van der Waals surface area (Å²) < 4.78 is 31.3. The van der Waals surface area contributed by atoms with Crippen LogP contribution in [0.1, 0.15) is 302 Å². The van der Waals surface area contributed by atoms with E-state index < -0.39 is 55.5 Å². The van der Waals surface area contributed by atoms with Gasteiger partial charge in [0.05, 0.1) is 16.7 Å². The van der Waals surface area contributed by atoms with Gasteiger partial charge in [0.1, 0.15) is 0 Å². The third-order valence-corrected chi connectivity index (χ3v) is 17.0. The number of hydrogen-bond donors (Lipinski definition) is 5. The molecule has 5 N–H and O–H groups in total. The number of carboxylic acids is 4. The van der Waals surface area contributed by atoms with Crippen molar-refractivity contribution in [1.29, 1.82) is 0 Å². The Morgan fingerprint density at radius 2 is 0.700 bits per heavy atom. The first-order valence-corrected chi connectivity index (χ1v) is 29.7. The Bertz CT molecular complexity index is 1390. The molecule has 0 amide bonds. The van der Waals surface area contributed by atoms with Crippen LogP contribution in [0.2, 0.25) is 0 Å². The van der Waals surface area contributed by atoms with Crippen LogP contribution in [-0.2, 0) is 29.3 Å². The fourth-order valence-electron chi connectivity index (χ4n) is 10.9. The van der Waals surface area contributed by atoms with Gasteiger partial charge in [-0.25, -0.2) is 0 Å². The molecular weight excluding hydrogens is 927 g/mol. The van der Waals surface area contributed by atoms with Crippen molar-refractivity contribution in [2.45, 2.75) is 304 Å². The minimum absolute atomic E-state index is 0. The second-order valence-electron chi connectivity index (χ2n) is 20.7. The Morgan fingerprint density at radius 1 is 0.400 bits per heavy atom. The molecule has 0 fully saturated rings. The Hall–Kier alpha value is -0.210. The van der Waals surface area contributed by atoms with Crippen molar-refractivity contribution < 1.29 is 115 Å². The molecule has 408 valence electrons. The van der Waals surface area contributed by atoms with Gasteiger partial charge in [0.2, 0.25) is 4.75 Å². The SMILES string of the molecule is CCCCCCCCC(C(=O)O)C(CCCCCCCC)(C(=O)O)S(=O)(=O)O.CCCCCCCCC(CCCCCCCC)(C(=O)O)C(CC(CC)CCCC)(CC(CC)CCCC)C(=O)O.[H-].[H-].[Na+].[Na+]. The van der Waals surface area contributed by atoms with E-state index in [0.717, 1.165) is 141 Å². The molecule has 0 saturated carbocycles. The van der Waals surface area contributed by atoms with Crippen LogP contribution in [0.4, 0.5) is 0 Å². The van der Waals surface area contributed by atoms with Gasteiger partial charge in [-0.15, -0.1) is 0 Å². The van der Waals surface area contributed by atoms with Crippen molar-refractivity contribution in [3.63, 3.8) is 0 Å². The average Bonchev–Trinajstić information content (AvgIpc) is 3.29. The van der Waals surface area contributed by atoms with Crippen LogP contribution in [-0.4, -0.2) is 62.0 Å². The summed E-state index contributed by atoms with van der Waals surface area (Å²) in [6, 6.07) is 0. The molecule has 4 atom stereocenters. The molecule has 0 radical (unpaired) electrons. The molecule has 0 saturated heterocycles. The Labute approximate surface area is 477 Å². The second-order valence-corrected chi connectivity index (χ2v) is 22.4. The molecule has 0 aromatic rings. The van der Waals surface area contributed by atoms with Crippen molar-refractivity contribution in [2.24, 2.45) is 28.6 Å². The number of carbonyl (C=O) groups is 4. The largest absolute Gasteiger partial charge is 1.00 e. The molecule has 11 nitrogen and oxygen atoms in total. The number of unbranched alkanes of at least 4 members (excludes halogenated alkanes) is 22. The molecule has 14 heteroatoms. The van der Waals surface area contributed by atoms with Gasteiger partial charge >= 0.3 is 83.0 Å². The van der Waals surface area contributed by atoms with Crippen molar-refractivity contribution >= 4 is 34.0 Å². The van der Waals surface area contributed by atoms with E-state index in [-0.39, 0.29) is 93.1 Å². The van der Waals surface area contributed by atoms with Crippen molar-refractivity contribution in [1.82, 2.24) is 0 Å². The van der Waals surface area contributed by atoms with Crippen LogP contribution >= 0.6 is 0 Å². The standard InChI is InChI=1S/C36H70O4.C20H38O7S.2Na.2H/c1-7-13-17-19-21-23-27-35(33(37)38,28-24-22-20-18-14-8-2)36(34(39)40,29-31(11-5)25-15-9-3)30-32(12-6)26-16-10-4;1-3-5-7-9-11-13-15-17(18(21)22)20(19(23)24,28(25,26)27)16-14-12-10-8-6-4-2;;;;/h31-32H,7-30H2,1-6H3,(H,37,38)(H,39,40);17H,3-16H2,1-2H3,(H,21,22)(H,23,24)(H,25,26,27);;;;/q;;2*+1;2*-1. The molecule has 0 bridgehead atoms. The number of carboxylic acid groups (broad SMARTS) is 4. The Balaban J connectivity index is -0.000000302. The second kappa shape index (κ2) is 46.1. The summed E-state index contributed by atoms with van der Waals surface area (Å²) in [5, 5.41) is 41.7. The molecule has 70 heavy (non-hydrogen) atoms. The van der Waals surface area contributed by atoms with E-state index >= 15 is 0 Å². The van der Waals surface area contributed by atoms with E-state index in [4.69, 9.17) is 0 Å². The molecular formula is C56H110Na2O11S. The first-order valence-electron chi connectivity index (χ1n) is 28.3. The third kappa shape index (κ3) is 28.6. The molecule has 0 rings (SSSR count). The Kier molecular flexibility index (Phi) is 50.3. The molecule has 0 aliphatic heterocycles. The Morgan fingerprint density at radius 3 is 0.971 bits per heavy atom. The summed E-state index contributed by atoms with van der Waals surface area (Å²) in [6.07, 6.45) is 32.7. The average molecular weight is 1040 g/mol. The van der Waals surface area contributed by atoms with Crippen LogP contribution < -0.4 is 59.1 Å². The van der Waals surface area contributed by atoms with E-state index in [2.05, 4.69) is 55.4 Å². The maximum Gasteiger partial charge on any atom is 1.00 e. The molecule has 4 unspecified atom stereocenters. The summed E-state index contributed by atoms with van der Waals surface area (Å²) >= 11 is 0. The van der Waals surface area contributed by atoms with Crippen molar-refractivity contribution in [3.8, 4) is 0 Å². The van der Waals surface area contributed by atoms with E-state index in [9.17, 15) is 52.6 Å². The summed E-state index contributed by atoms with van der Waals surface area (Å²) in [6.45, 7) is 17.3. The first kappa shape index (κ1) is 76.3. The van der Waals surface area contributed by atoms with E-state index in [1.807, 2.05) is 0 Å². The van der Waals surface area contributed by atoms with Crippen LogP contribution in [0.15, 0.2) is 0 Å². The summed E-state index contributed by atoms with van der Waals surface area (Å²) in [5.41, 5.74) is -2.41. The monoisotopic (exact) mass is 1040 g/mol. The van der Waals surface area contributed by atoms with Gasteiger partial charge in [-0.3, -0.25) is 23.7 Å². The molecule has 0 aliphatic rings. The maximum atomic E-state index is 13.7. The van der Waals surface area contributed by atoms with E-state index in [1.54, 1.807) is 0 Å². The predicted molar refractivity (Wildman–Crippen MR) is 283 cm³/mol. The quantitative estimate of drug-likeness (QED) is 0.0220. The fraction of sp³-hybridized carbons (Fsp3) is 0.929.